The normalized spacial score (nSPS) is 10.7. The first kappa shape index (κ1) is 10.6. The number of benzene rings is 2. The number of hydrogen-bond donors (Lipinski definition) is 1. The van der Waals surface area contributed by atoms with E-state index in [2.05, 4.69) is 10.2 Å². The molecule has 0 atom stereocenters. The highest BCUT2D eigenvalue weighted by Crippen LogP contribution is 2.31. The summed E-state index contributed by atoms with van der Waals surface area (Å²) >= 11 is 0. The molecule has 2 aromatic carbocycles. The molecule has 0 aliphatic heterocycles. The van der Waals surface area contributed by atoms with Crippen molar-refractivity contribution in [3.8, 4) is 17.2 Å². The molecule has 3 rings (SSSR count). The van der Waals surface area contributed by atoms with Crippen molar-refractivity contribution in [2.75, 3.05) is 7.11 Å². The van der Waals surface area contributed by atoms with Crippen LogP contribution in [0.3, 0.4) is 0 Å². The molecular formula is C13H11N3O2. The number of rotatable bonds is 2. The van der Waals surface area contributed by atoms with Crippen LogP contribution in [-0.4, -0.2) is 27.2 Å². The average Bonchev–Trinajstić information content (AvgIpc) is 2.82. The summed E-state index contributed by atoms with van der Waals surface area (Å²) in [6.07, 6.45) is 0. The summed E-state index contributed by atoms with van der Waals surface area (Å²) in [7, 11) is 1.51. The van der Waals surface area contributed by atoms with Gasteiger partial charge in [0.05, 0.1) is 7.11 Å². The maximum Gasteiger partial charge on any atom is 0.185 e. The number of methoxy groups -OCH3 is 1. The Morgan fingerprint density at radius 1 is 1.00 bits per heavy atom. The highest BCUT2D eigenvalue weighted by Gasteiger charge is 2.11. The molecule has 0 saturated heterocycles. The quantitative estimate of drug-likeness (QED) is 0.746. The van der Waals surface area contributed by atoms with E-state index in [-0.39, 0.29) is 5.75 Å². The van der Waals surface area contributed by atoms with Gasteiger partial charge in [0.2, 0.25) is 0 Å². The van der Waals surface area contributed by atoms with Gasteiger partial charge in [-0.25, -0.2) is 0 Å². The van der Waals surface area contributed by atoms with Crippen LogP contribution >= 0.6 is 0 Å². The number of ether oxygens (including phenoxy) is 1. The fourth-order valence-corrected chi connectivity index (χ4v) is 1.80. The van der Waals surface area contributed by atoms with Gasteiger partial charge < -0.3 is 9.84 Å². The highest BCUT2D eigenvalue weighted by atomic mass is 16.5. The molecule has 0 fully saturated rings. The molecule has 0 unspecified atom stereocenters. The zero-order valence-corrected chi connectivity index (χ0v) is 9.74. The standard InChI is InChI=1S/C13H11N3O2/c1-18-12-8-4-7-11(13(12)17)16-14-9-5-2-3-6-10(9)15-16/h2-8,17H,1H3. The van der Waals surface area contributed by atoms with E-state index in [1.807, 2.05) is 24.3 Å². The summed E-state index contributed by atoms with van der Waals surface area (Å²) in [5, 5.41) is 18.7. The zero-order chi connectivity index (χ0) is 12.5. The lowest BCUT2D eigenvalue weighted by Gasteiger charge is -2.06. The molecule has 5 nitrogen and oxygen atoms in total. The van der Waals surface area contributed by atoms with Crippen LogP contribution in [0, 0.1) is 0 Å². The van der Waals surface area contributed by atoms with Crippen LogP contribution in [-0.2, 0) is 0 Å². The Labute approximate surface area is 103 Å². The Morgan fingerprint density at radius 2 is 1.67 bits per heavy atom. The molecule has 0 radical (unpaired) electrons. The predicted molar refractivity (Wildman–Crippen MR) is 67.1 cm³/mol. The Hall–Kier alpha value is -2.56. The van der Waals surface area contributed by atoms with E-state index in [9.17, 15) is 5.11 Å². The first-order valence-corrected chi connectivity index (χ1v) is 5.48. The van der Waals surface area contributed by atoms with Crippen molar-refractivity contribution in [2.24, 2.45) is 0 Å². The molecule has 90 valence electrons. The van der Waals surface area contributed by atoms with Gasteiger partial charge in [-0.15, -0.1) is 15.0 Å². The largest absolute Gasteiger partial charge is 0.503 e. The number of phenolic OH excluding ortho intramolecular Hbond substituents is 1. The Balaban J connectivity index is 2.20. The first-order valence-electron chi connectivity index (χ1n) is 5.48. The van der Waals surface area contributed by atoms with Crippen molar-refractivity contribution in [2.45, 2.75) is 0 Å². The number of phenols is 1. The fourth-order valence-electron chi connectivity index (χ4n) is 1.80. The SMILES string of the molecule is COc1cccc(-n2nc3ccccc3n2)c1O. The second kappa shape index (κ2) is 4.03. The number of aromatic nitrogens is 3. The Morgan fingerprint density at radius 3 is 2.28 bits per heavy atom. The number of aromatic hydroxyl groups is 1. The molecule has 5 heteroatoms. The molecule has 1 heterocycles. The van der Waals surface area contributed by atoms with Crippen molar-refractivity contribution in [3.63, 3.8) is 0 Å². The molecule has 1 N–H and O–H groups in total. The van der Waals surface area contributed by atoms with Crippen molar-refractivity contribution < 1.29 is 9.84 Å². The lowest BCUT2D eigenvalue weighted by atomic mass is 10.3. The van der Waals surface area contributed by atoms with Crippen molar-refractivity contribution in [1.29, 1.82) is 0 Å². The minimum Gasteiger partial charge on any atom is -0.503 e. The van der Waals surface area contributed by atoms with E-state index in [1.165, 1.54) is 11.9 Å². The van der Waals surface area contributed by atoms with Crippen LogP contribution in [0.2, 0.25) is 0 Å². The van der Waals surface area contributed by atoms with Gasteiger partial charge in [-0.2, -0.15) is 0 Å². The average molecular weight is 241 g/mol. The molecule has 3 aromatic rings. The smallest absolute Gasteiger partial charge is 0.185 e. The van der Waals surface area contributed by atoms with Crippen LogP contribution in [0.4, 0.5) is 0 Å². The lowest BCUT2D eigenvalue weighted by molar-refractivity contribution is 0.371. The predicted octanol–water partition coefficient (Wildman–Crippen LogP) is 2.13. The zero-order valence-electron chi connectivity index (χ0n) is 9.74. The minimum atomic E-state index is 0.0281. The first-order chi connectivity index (χ1) is 8.79. The molecule has 0 aliphatic carbocycles. The number of para-hydroxylation sites is 1. The second-order valence-electron chi connectivity index (χ2n) is 3.81. The van der Waals surface area contributed by atoms with E-state index in [1.54, 1.807) is 18.2 Å². The summed E-state index contributed by atoms with van der Waals surface area (Å²) in [4.78, 5) is 1.41. The summed E-state index contributed by atoms with van der Waals surface area (Å²) in [6, 6.07) is 12.7. The third kappa shape index (κ3) is 1.57. The monoisotopic (exact) mass is 241 g/mol. The maximum atomic E-state index is 10.0. The van der Waals surface area contributed by atoms with Gasteiger partial charge >= 0.3 is 0 Å². The van der Waals surface area contributed by atoms with E-state index >= 15 is 0 Å². The molecule has 0 saturated carbocycles. The number of fused-ring (bicyclic) bond motifs is 1. The van der Waals surface area contributed by atoms with Gasteiger partial charge in [-0.1, -0.05) is 18.2 Å². The van der Waals surface area contributed by atoms with Gasteiger partial charge in [-0.05, 0) is 24.3 Å². The van der Waals surface area contributed by atoms with Crippen molar-refractivity contribution in [1.82, 2.24) is 15.0 Å². The van der Waals surface area contributed by atoms with Gasteiger partial charge in [0.1, 0.15) is 16.7 Å². The number of hydrogen-bond acceptors (Lipinski definition) is 4. The van der Waals surface area contributed by atoms with Crippen LogP contribution in [0.25, 0.3) is 16.7 Å². The molecule has 0 aliphatic rings. The summed E-state index contributed by atoms with van der Waals surface area (Å²) in [5.74, 6) is 0.425. The Kier molecular flexibility index (Phi) is 2.37. The molecule has 0 amide bonds. The summed E-state index contributed by atoms with van der Waals surface area (Å²) in [5.41, 5.74) is 2.05. The van der Waals surface area contributed by atoms with Gasteiger partial charge in [0.25, 0.3) is 0 Å². The van der Waals surface area contributed by atoms with E-state index in [4.69, 9.17) is 4.74 Å². The third-order valence-corrected chi connectivity index (χ3v) is 2.70. The van der Waals surface area contributed by atoms with Crippen LogP contribution in [0.15, 0.2) is 42.5 Å². The van der Waals surface area contributed by atoms with Gasteiger partial charge in [0, 0.05) is 0 Å². The maximum absolute atomic E-state index is 10.0. The third-order valence-electron chi connectivity index (χ3n) is 2.70. The molecule has 18 heavy (non-hydrogen) atoms. The molecule has 0 bridgehead atoms. The Bertz CT molecular complexity index is 673. The van der Waals surface area contributed by atoms with E-state index in [0.29, 0.717) is 11.4 Å². The summed E-state index contributed by atoms with van der Waals surface area (Å²) < 4.78 is 5.06. The van der Waals surface area contributed by atoms with Crippen molar-refractivity contribution >= 4 is 11.0 Å². The second-order valence-corrected chi connectivity index (χ2v) is 3.81. The van der Waals surface area contributed by atoms with Gasteiger partial charge in [0.15, 0.2) is 11.5 Å². The number of nitrogens with zero attached hydrogens (tertiary/aromatic N) is 3. The van der Waals surface area contributed by atoms with Crippen molar-refractivity contribution in [3.05, 3.63) is 42.5 Å². The van der Waals surface area contributed by atoms with Crippen LogP contribution in [0.1, 0.15) is 0 Å². The topological polar surface area (TPSA) is 60.2 Å². The molecular weight excluding hydrogens is 230 g/mol. The molecule has 0 spiro atoms. The highest BCUT2D eigenvalue weighted by molar-refractivity contribution is 5.73. The minimum absolute atomic E-state index is 0.0281. The lowest BCUT2D eigenvalue weighted by Crippen LogP contribution is -1.99. The van der Waals surface area contributed by atoms with Crippen LogP contribution in [0.5, 0.6) is 11.5 Å². The summed E-state index contributed by atoms with van der Waals surface area (Å²) in [6.45, 7) is 0. The van der Waals surface area contributed by atoms with Gasteiger partial charge in [-0.3, -0.25) is 0 Å². The van der Waals surface area contributed by atoms with Crippen LogP contribution < -0.4 is 4.74 Å². The van der Waals surface area contributed by atoms with E-state index < -0.39 is 0 Å². The molecule has 1 aromatic heterocycles. The fraction of sp³-hybridized carbons (Fsp3) is 0.0769. The van der Waals surface area contributed by atoms with E-state index in [0.717, 1.165) is 11.0 Å².